The summed E-state index contributed by atoms with van der Waals surface area (Å²) in [6.45, 7) is 1.32. The van der Waals surface area contributed by atoms with Crippen molar-refractivity contribution in [1.29, 1.82) is 0 Å². The fraction of sp³-hybridized carbons (Fsp3) is 0.222. The number of nitrogens with zero attached hydrogens (tertiary/aromatic N) is 1. The van der Waals surface area contributed by atoms with Gasteiger partial charge in [-0.15, -0.1) is 11.3 Å². The maximum atomic E-state index is 14.9. The molecule has 0 saturated carbocycles. The lowest BCUT2D eigenvalue weighted by Gasteiger charge is -2.14. The third-order valence-electron chi connectivity index (χ3n) is 3.55. The summed E-state index contributed by atoms with van der Waals surface area (Å²) in [5, 5.41) is 11.4. The van der Waals surface area contributed by atoms with Crippen LogP contribution in [-0.2, 0) is 4.84 Å². The van der Waals surface area contributed by atoms with Gasteiger partial charge < -0.3 is 10.4 Å². The van der Waals surface area contributed by atoms with E-state index in [4.69, 9.17) is 9.94 Å². The van der Waals surface area contributed by atoms with E-state index in [1.54, 1.807) is 13.0 Å². The number of benzene rings is 2. The van der Waals surface area contributed by atoms with Crippen molar-refractivity contribution < 1.29 is 23.5 Å². The maximum absolute atomic E-state index is 14.9. The zero-order valence-corrected chi connectivity index (χ0v) is 14.5. The second kappa shape index (κ2) is 8.85. The minimum atomic E-state index is -0.768. The van der Waals surface area contributed by atoms with Gasteiger partial charge in [-0.25, -0.2) is 19.2 Å². The van der Waals surface area contributed by atoms with E-state index in [-0.39, 0.29) is 43.1 Å². The lowest BCUT2D eigenvalue weighted by Crippen LogP contribution is -2.26. The first-order valence-electron chi connectivity index (χ1n) is 7.63. The number of hydrogen-bond donors (Lipinski definition) is 3. The lowest BCUT2D eigenvalue weighted by atomic mass is 10.1. The van der Waals surface area contributed by atoms with Gasteiger partial charge >= 0.3 is 0 Å². The molecular formula is C18H19F2N3O3S. The largest absolute Gasteiger partial charge is 0.394 e. The first-order valence-corrected chi connectivity index (χ1v) is 8.51. The molecule has 3 N–H and O–H groups in total. The van der Waals surface area contributed by atoms with Crippen LogP contribution in [0.4, 0.5) is 20.2 Å². The van der Waals surface area contributed by atoms with Crippen molar-refractivity contribution in [1.82, 2.24) is 10.5 Å². The predicted octanol–water partition coefficient (Wildman–Crippen LogP) is 3.92. The molecule has 0 aliphatic heterocycles. The highest BCUT2D eigenvalue weighted by molar-refractivity contribution is 7.16. The molecule has 0 atom stereocenters. The Morgan fingerprint density at radius 3 is 2.81 bits per heavy atom. The number of nitrogens with one attached hydrogen (secondary N) is 2. The summed E-state index contributed by atoms with van der Waals surface area (Å²) in [6.07, 6.45) is 0. The zero-order chi connectivity index (χ0) is 18.7. The smallest absolute Gasteiger partial charge is 0.277 e. The van der Waals surface area contributed by atoms with Gasteiger partial charge in [-0.1, -0.05) is 13.5 Å². The maximum Gasteiger partial charge on any atom is 0.277 e. The van der Waals surface area contributed by atoms with Crippen LogP contribution in [0.2, 0.25) is 0 Å². The second-order valence-corrected chi connectivity index (χ2v) is 6.31. The van der Waals surface area contributed by atoms with E-state index in [9.17, 15) is 13.6 Å². The average molecular weight is 395 g/mol. The van der Waals surface area contributed by atoms with Crippen molar-refractivity contribution in [3.8, 4) is 0 Å². The Morgan fingerprint density at radius 2 is 2.11 bits per heavy atom. The highest BCUT2D eigenvalue weighted by Crippen LogP contribution is 2.33. The number of aromatic nitrogens is 1. The number of aryl methyl sites for hydroxylation is 1. The molecule has 3 aromatic rings. The van der Waals surface area contributed by atoms with Crippen LogP contribution < -0.4 is 10.8 Å². The Hall–Kier alpha value is -2.62. The number of thiazole rings is 1. The molecule has 0 unspecified atom stereocenters. The third-order valence-corrected chi connectivity index (χ3v) is 4.33. The molecule has 2 aromatic carbocycles. The number of aliphatic hydroxyl groups excluding tert-OH is 1. The van der Waals surface area contributed by atoms with Crippen molar-refractivity contribution >= 4 is 38.8 Å². The van der Waals surface area contributed by atoms with Crippen LogP contribution >= 0.6 is 11.3 Å². The van der Waals surface area contributed by atoms with Crippen molar-refractivity contribution in [2.75, 3.05) is 18.5 Å². The van der Waals surface area contributed by atoms with E-state index in [1.807, 2.05) is 0 Å². The lowest BCUT2D eigenvalue weighted by molar-refractivity contribution is 0.0169. The number of fused-ring (bicyclic) bond motifs is 1. The molecule has 144 valence electrons. The van der Waals surface area contributed by atoms with Gasteiger partial charge in [0.25, 0.3) is 5.91 Å². The highest BCUT2D eigenvalue weighted by atomic mass is 32.1. The van der Waals surface area contributed by atoms with Crippen molar-refractivity contribution in [2.45, 2.75) is 14.4 Å². The Kier molecular flexibility index (Phi) is 6.78. The van der Waals surface area contributed by atoms with Crippen molar-refractivity contribution in [3.63, 3.8) is 0 Å². The number of hydrogen-bond acceptors (Lipinski definition) is 6. The number of hydroxylamine groups is 1. The molecule has 0 radical (unpaired) electrons. The summed E-state index contributed by atoms with van der Waals surface area (Å²) in [5.41, 5.74) is 4.10. The Balaban J connectivity index is 0.00000261. The molecule has 1 heterocycles. The third kappa shape index (κ3) is 4.38. The number of halogens is 2. The van der Waals surface area contributed by atoms with E-state index in [0.29, 0.717) is 10.3 Å². The first kappa shape index (κ1) is 20.7. The number of carbonyl (C=O) groups is 1. The number of carbonyl (C=O) groups excluding carboxylic acids is 1. The van der Waals surface area contributed by atoms with Crippen molar-refractivity contribution in [2.24, 2.45) is 0 Å². The summed E-state index contributed by atoms with van der Waals surface area (Å²) < 4.78 is 29.5. The number of amides is 1. The molecule has 9 heteroatoms. The average Bonchev–Trinajstić information content (AvgIpc) is 3.08. The normalized spacial score (nSPS) is 10.5. The summed E-state index contributed by atoms with van der Waals surface area (Å²) in [7, 11) is 0. The molecule has 0 aliphatic carbocycles. The van der Waals surface area contributed by atoms with E-state index in [0.717, 1.165) is 0 Å². The molecule has 0 bridgehead atoms. The monoisotopic (exact) mass is 395 g/mol. The number of aliphatic hydroxyl groups is 1. The van der Waals surface area contributed by atoms with Crippen LogP contribution in [-0.4, -0.2) is 29.2 Å². The topological polar surface area (TPSA) is 83.5 Å². The fourth-order valence-corrected chi connectivity index (χ4v) is 3.05. The van der Waals surface area contributed by atoms with Gasteiger partial charge in [-0.05, 0) is 30.7 Å². The molecular weight excluding hydrogens is 376 g/mol. The summed E-state index contributed by atoms with van der Waals surface area (Å²) in [4.78, 5) is 21.1. The standard InChI is InChI=1S/C17H15F2N3O3S.CH4/c1-9-2-3-12(11(18)6-9)21-15-10(17(24)22-25-5-4-23)7-13-16(14(15)19)20-8-26-13;/h2-3,6-8,21,23H,4-5H2,1H3,(H,22,24);1H4. The molecule has 1 amide bonds. The second-order valence-electron chi connectivity index (χ2n) is 5.42. The molecule has 1 aromatic heterocycles. The summed E-state index contributed by atoms with van der Waals surface area (Å²) in [6, 6.07) is 5.86. The van der Waals surface area contributed by atoms with Crippen LogP contribution in [0.15, 0.2) is 29.8 Å². The van der Waals surface area contributed by atoms with Crippen LogP contribution in [0.5, 0.6) is 0 Å². The van der Waals surface area contributed by atoms with Gasteiger partial charge in [0, 0.05) is 0 Å². The van der Waals surface area contributed by atoms with Gasteiger partial charge in [0.2, 0.25) is 0 Å². The van der Waals surface area contributed by atoms with E-state index in [1.165, 1.54) is 35.0 Å². The van der Waals surface area contributed by atoms with Crippen LogP contribution in [0.3, 0.4) is 0 Å². The quantitative estimate of drug-likeness (QED) is 0.435. The zero-order valence-electron chi connectivity index (χ0n) is 13.7. The van der Waals surface area contributed by atoms with Crippen LogP contribution in [0.25, 0.3) is 10.2 Å². The summed E-state index contributed by atoms with van der Waals surface area (Å²) >= 11 is 1.17. The van der Waals surface area contributed by atoms with E-state index in [2.05, 4.69) is 15.8 Å². The Morgan fingerprint density at radius 1 is 1.33 bits per heavy atom. The number of anilines is 2. The molecule has 0 aliphatic rings. The van der Waals surface area contributed by atoms with Gasteiger partial charge in [0.05, 0.1) is 40.4 Å². The van der Waals surface area contributed by atoms with E-state index >= 15 is 0 Å². The highest BCUT2D eigenvalue weighted by Gasteiger charge is 2.21. The van der Waals surface area contributed by atoms with Gasteiger partial charge in [-0.2, -0.15) is 0 Å². The molecule has 6 nitrogen and oxygen atoms in total. The predicted molar refractivity (Wildman–Crippen MR) is 101 cm³/mol. The minimum absolute atomic E-state index is 0. The molecule has 27 heavy (non-hydrogen) atoms. The summed E-state index contributed by atoms with van der Waals surface area (Å²) in [5.74, 6) is -2.08. The Labute approximate surface area is 158 Å². The van der Waals surface area contributed by atoms with Crippen LogP contribution in [0, 0.1) is 18.6 Å². The molecule has 0 saturated heterocycles. The van der Waals surface area contributed by atoms with Crippen LogP contribution in [0.1, 0.15) is 23.3 Å². The SMILES string of the molecule is C.Cc1ccc(Nc2c(C(=O)NOCCO)cc3scnc3c2F)c(F)c1. The Bertz CT molecular complexity index is 962. The van der Waals surface area contributed by atoms with Crippen molar-refractivity contribution in [3.05, 3.63) is 52.5 Å². The first-order chi connectivity index (χ1) is 12.5. The molecule has 0 spiro atoms. The van der Waals surface area contributed by atoms with E-state index < -0.39 is 17.5 Å². The van der Waals surface area contributed by atoms with Gasteiger partial charge in [0.15, 0.2) is 5.82 Å². The number of rotatable bonds is 6. The fourth-order valence-electron chi connectivity index (χ4n) is 2.34. The van der Waals surface area contributed by atoms with Gasteiger partial charge in [-0.3, -0.25) is 9.63 Å². The van der Waals surface area contributed by atoms with Gasteiger partial charge in [0.1, 0.15) is 11.3 Å². The molecule has 3 rings (SSSR count). The minimum Gasteiger partial charge on any atom is -0.394 e. The molecule has 0 fully saturated rings.